The van der Waals surface area contributed by atoms with Gasteiger partial charge in [0, 0.05) is 24.2 Å². The van der Waals surface area contributed by atoms with Crippen LogP contribution >= 0.6 is 0 Å². The van der Waals surface area contributed by atoms with Crippen molar-refractivity contribution < 1.29 is 9.59 Å². The number of anilines is 1. The van der Waals surface area contributed by atoms with E-state index in [1.807, 2.05) is 72.8 Å². The van der Waals surface area contributed by atoms with Gasteiger partial charge in [0.05, 0.1) is 0 Å². The van der Waals surface area contributed by atoms with Gasteiger partial charge in [-0.3, -0.25) is 4.79 Å². The summed E-state index contributed by atoms with van der Waals surface area (Å²) >= 11 is 0. The van der Waals surface area contributed by atoms with Crippen LogP contribution in [0, 0.1) is 0 Å². The van der Waals surface area contributed by atoms with Gasteiger partial charge in [0.2, 0.25) is 5.91 Å². The Bertz CT molecular complexity index is 982. The second-order valence-corrected chi connectivity index (χ2v) is 7.01. The average molecular weight is 373 g/mol. The maximum Gasteiger partial charge on any atom is 0.318 e. The molecule has 5 nitrogen and oxygen atoms in total. The standard InChI is InChI=1S/C23H23N3O2/c27-22(25-20-13-6-11-18-10-4-5-12-19(18)20)21-14-7-15-26(21)23(28)24-16-17-8-2-1-3-9-17/h1-6,8-13,21H,7,14-16H2,(H,24,28)(H,25,27). The van der Waals surface area contributed by atoms with Gasteiger partial charge < -0.3 is 15.5 Å². The van der Waals surface area contributed by atoms with Gasteiger partial charge in [-0.05, 0) is 29.9 Å². The highest BCUT2D eigenvalue weighted by molar-refractivity contribution is 6.04. The number of amides is 3. The molecule has 1 unspecified atom stereocenters. The molecule has 142 valence electrons. The third-order valence-corrected chi connectivity index (χ3v) is 5.15. The molecule has 0 aromatic heterocycles. The molecule has 3 aromatic carbocycles. The molecule has 28 heavy (non-hydrogen) atoms. The minimum atomic E-state index is -0.449. The van der Waals surface area contributed by atoms with Gasteiger partial charge in [-0.2, -0.15) is 0 Å². The van der Waals surface area contributed by atoms with Crippen LogP contribution in [0.3, 0.4) is 0 Å². The molecule has 0 radical (unpaired) electrons. The van der Waals surface area contributed by atoms with E-state index >= 15 is 0 Å². The molecule has 5 heteroatoms. The molecule has 1 heterocycles. The minimum absolute atomic E-state index is 0.135. The highest BCUT2D eigenvalue weighted by Gasteiger charge is 2.34. The topological polar surface area (TPSA) is 61.4 Å². The lowest BCUT2D eigenvalue weighted by Crippen LogP contribution is -2.47. The number of fused-ring (bicyclic) bond motifs is 1. The normalized spacial score (nSPS) is 16.1. The number of benzene rings is 3. The Hall–Kier alpha value is -3.34. The molecule has 4 rings (SSSR count). The number of urea groups is 1. The summed E-state index contributed by atoms with van der Waals surface area (Å²) in [5.74, 6) is -0.135. The number of hydrogen-bond acceptors (Lipinski definition) is 2. The Morgan fingerprint density at radius 1 is 0.929 bits per heavy atom. The first kappa shape index (κ1) is 18.0. The van der Waals surface area contributed by atoms with E-state index < -0.39 is 6.04 Å². The predicted octanol–water partition coefficient (Wildman–Crippen LogP) is 4.15. The molecule has 1 aliphatic heterocycles. The van der Waals surface area contributed by atoms with E-state index in [1.54, 1.807) is 4.90 Å². The number of rotatable bonds is 4. The summed E-state index contributed by atoms with van der Waals surface area (Å²) < 4.78 is 0. The molecule has 1 fully saturated rings. The van der Waals surface area contributed by atoms with Gasteiger partial charge in [-0.15, -0.1) is 0 Å². The molecule has 3 aromatic rings. The van der Waals surface area contributed by atoms with Gasteiger partial charge in [0.15, 0.2) is 0 Å². The predicted molar refractivity (Wildman–Crippen MR) is 111 cm³/mol. The largest absolute Gasteiger partial charge is 0.334 e. The maximum atomic E-state index is 12.9. The first-order chi connectivity index (χ1) is 13.7. The van der Waals surface area contributed by atoms with Crippen LogP contribution in [0.5, 0.6) is 0 Å². The number of carbonyl (C=O) groups is 2. The Kier molecular flexibility index (Phi) is 5.24. The molecule has 2 N–H and O–H groups in total. The van der Waals surface area contributed by atoms with Crippen molar-refractivity contribution in [1.82, 2.24) is 10.2 Å². The van der Waals surface area contributed by atoms with E-state index in [2.05, 4.69) is 10.6 Å². The fourth-order valence-corrected chi connectivity index (χ4v) is 3.71. The fraction of sp³-hybridized carbons (Fsp3) is 0.217. The van der Waals surface area contributed by atoms with Crippen molar-refractivity contribution in [1.29, 1.82) is 0 Å². The van der Waals surface area contributed by atoms with E-state index in [0.717, 1.165) is 28.4 Å². The second kappa shape index (κ2) is 8.13. The summed E-state index contributed by atoms with van der Waals surface area (Å²) in [5.41, 5.74) is 1.81. The number of carbonyl (C=O) groups excluding carboxylic acids is 2. The van der Waals surface area contributed by atoms with Gasteiger partial charge in [0.25, 0.3) is 0 Å². The van der Waals surface area contributed by atoms with E-state index in [-0.39, 0.29) is 11.9 Å². The maximum absolute atomic E-state index is 12.9. The van der Waals surface area contributed by atoms with Crippen molar-refractivity contribution in [3.8, 4) is 0 Å². The van der Waals surface area contributed by atoms with Crippen molar-refractivity contribution >= 4 is 28.4 Å². The van der Waals surface area contributed by atoms with Crippen LogP contribution < -0.4 is 10.6 Å². The number of hydrogen-bond donors (Lipinski definition) is 2. The third-order valence-electron chi connectivity index (χ3n) is 5.15. The van der Waals surface area contributed by atoms with Gasteiger partial charge in [-0.1, -0.05) is 66.7 Å². The van der Waals surface area contributed by atoms with Gasteiger partial charge in [-0.25, -0.2) is 4.79 Å². The van der Waals surface area contributed by atoms with Crippen LogP contribution in [0.4, 0.5) is 10.5 Å². The molecule has 1 saturated heterocycles. The molecule has 1 aliphatic rings. The van der Waals surface area contributed by atoms with Crippen molar-refractivity contribution in [2.45, 2.75) is 25.4 Å². The number of likely N-dealkylation sites (tertiary alicyclic amines) is 1. The Labute approximate surface area is 164 Å². The molecular formula is C23H23N3O2. The van der Waals surface area contributed by atoms with Crippen molar-refractivity contribution in [2.75, 3.05) is 11.9 Å². The Morgan fingerprint density at radius 3 is 2.54 bits per heavy atom. The summed E-state index contributed by atoms with van der Waals surface area (Å²) in [7, 11) is 0. The summed E-state index contributed by atoms with van der Waals surface area (Å²) in [6, 6.07) is 22.9. The van der Waals surface area contributed by atoms with Crippen LogP contribution in [-0.4, -0.2) is 29.4 Å². The smallest absolute Gasteiger partial charge is 0.318 e. The van der Waals surface area contributed by atoms with E-state index in [9.17, 15) is 9.59 Å². The summed E-state index contributed by atoms with van der Waals surface area (Å²) in [4.78, 5) is 27.2. The highest BCUT2D eigenvalue weighted by Crippen LogP contribution is 2.25. The molecule has 1 atom stereocenters. The quantitative estimate of drug-likeness (QED) is 0.722. The molecule has 0 spiro atoms. The zero-order valence-electron chi connectivity index (χ0n) is 15.6. The van der Waals surface area contributed by atoms with Gasteiger partial charge in [0.1, 0.15) is 6.04 Å². The van der Waals surface area contributed by atoms with E-state index in [1.165, 1.54) is 0 Å². The molecule has 3 amide bonds. The second-order valence-electron chi connectivity index (χ2n) is 7.01. The van der Waals surface area contributed by atoms with Crippen molar-refractivity contribution in [3.63, 3.8) is 0 Å². The third kappa shape index (κ3) is 3.83. The molecule has 0 bridgehead atoms. The summed E-state index contributed by atoms with van der Waals surface area (Å²) in [6.45, 7) is 1.04. The zero-order valence-corrected chi connectivity index (χ0v) is 15.6. The molecular weight excluding hydrogens is 350 g/mol. The Morgan fingerprint density at radius 2 is 1.68 bits per heavy atom. The van der Waals surface area contributed by atoms with Crippen LogP contribution in [0.1, 0.15) is 18.4 Å². The number of nitrogens with zero attached hydrogens (tertiary/aromatic N) is 1. The number of nitrogens with one attached hydrogen (secondary N) is 2. The zero-order chi connectivity index (χ0) is 19.3. The monoisotopic (exact) mass is 373 g/mol. The lowest BCUT2D eigenvalue weighted by Gasteiger charge is -2.24. The first-order valence-electron chi connectivity index (χ1n) is 9.59. The van der Waals surface area contributed by atoms with Gasteiger partial charge >= 0.3 is 6.03 Å². The van der Waals surface area contributed by atoms with Crippen molar-refractivity contribution in [3.05, 3.63) is 78.4 Å². The lowest BCUT2D eigenvalue weighted by molar-refractivity contribution is -0.119. The minimum Gasteiger partial charge on any atom is -0.334 e. The van der Waals surface area contributed by atoms with E-state index in [4.69, 9.17) is 0 Å². The molecule has 0 aliphatic carbocycles. The van der Waals surface area contributed by atoms with Crippen LogP contribution in [0.2, 0.25) is 0 Å². The highest BCUT2D eigenvalue weighted by atomic mass is 16.2. The molecule has 0 saturated carbocycles. The summed E-state index contributed by atoms with van der Waals surface area (Å²) in [6.07, 6.45) is 1.50. The summed E-state index contributed by atoms with van der Waals surface area (Å²) in [5, 5.41) is 8.02. The average Bonchev–Trinajstić information content (AvgIpc) is 3.23. The SMILES string of the molecule is O=C(Nc1cccc2ccccc12)C1CCCN1C(=O)NCc1ccccc1. The van der Waals surface area contributed by atoms with Crippen LogP contribution in [-0.2, 0) is 11.3 Å². The van der Waals surface area contributed by atoms with E-state index in [0.29, 0.717) is 19.5 Å². The fourth-order valence-electron chi connectivity index (χ4n) is 3.71. The van der Waals surface area contributed by atoms with Crippen LogP contribution in [0.25, 0.3) is 10.8 Å². The lowest BCUT2D eigenvalue weighted by atomic mass is 10.1. The van der Waals surface area contributed by atoms with Crippen LogP contribution in [0.15, 0.2) is 72.8 Å². The first-order valence-corrected chi connectivity index (χ1v) is 9.59. The Balaban J connectivity index is 1.43. The van der Waals surface area contributed by atoms with Crippen molar-refractivity contribution in [2.24, 2.45) is 0 Å².